The van der Waals surface area contributed by atoms with Crippen molar-refractivity contribution in [3.8, 4) is 11.6 Å². The van der Waals surface area contributed by atoms with Gasteiger partial charge >= 0.3 is 0 Å². The zero-order chi connectivity index (χ0) is 23.2. The van der Waals surface area contributed by atoms with E-state index < -0.39 is 0 Å². The van der Waals surface area contributed by atoms with Crippen molar-refractivity contribution in [3.63, 3.8) is 0 Å². The summed E-state index contributed by atoms with van der Waals surface area (Å²) in [5, 5.41) is 7.21. The highest BCUT2D eigenvalue weighted by molar-refractivity contribution is 7.80. The molecule has 34 heavy (non-hydrogen) atoms. The van der Waals surface area contributed by atoms with E-state index in [1.54, 1.807) is 0 Å². The number of ether oxygens (including phenoxy) is 1. The van der Waals surface area contributed by atoms with E-state index in [2.05, 4.69) is 50.8 Å². The average molecular weight is 474 g/mol. The van der Waals surface area contributed by atoms with E-state index in [1.165, 1.54) is 44.1 Å². The fourth-order valence-corrected chi connectivity index (χ4v) is 5.21. The van der Waals surface area contributed by atoms with Gasteiger partial charge in [-0.3, -0.25) is 0 Å². The maximum atomic E-state index is 6.03. The van der Waals surface area contributed by atoms with Gasteiger partial charge in [-0.15, -0.1) is 0 Å². The van der Waals surface area contributed by atoms with Gasteiger partial charge in [-0.25, -0.2) is 0 Å². The largest absolute Gasteiger partial charge is 0.439 e. The number of thiocarbonyl (C=S) groups is 1. The highest BCUT2D eigenvalue weighted by atomic mass is 32.1. The summed E-state index contributed by atoms with van der Waals surface area (Å²) in [6.07, 6.45) is 7.17. The topological polar surface area (TPSA) is 62.3 Å². The van der Waals surface area contributed by atoms with E-state index in [4.69, 9.17) is 21.9 Å². The first-order valence-electron chi connectivity index (χ1n) is 12.2. The highest BCUT2D eigenvalue weighted by Gasteiger charge is 2.35. The minimum absolute atomic E-state index is 0.118. The number of benzene rings is 2. The molecule has 2 fully saturated rings. The van der Waals surface area contributed by atoms with Crippen molar-refractivity contribution in [3.05, 3.63) is 72.3 Å². The van der Waals surface area contributed by atoms with Gasteiger partial charge in [0.15, 0.2) is 5.11 Å². The molecule has 2 aromatic carbocycles. The molecule has 2 heterocycles. The monoisotopic (exact) mass is 473 g/mol. The van der Waals surface area contributed by atoms with Crippen LogP contribution in [0.4, 0.5) is 11.8 Å². The number of nitrogens with one attached hydrogen (secondary N) is 2. The van der Waals surface area contributed by atoms with Crippen LogP contribution in [0.3, 0.4) is 0 Å². The minimum Gasteiger partial charge on any atom is -0.439 e. The summed E-state index contributed by atoms with van der Waals surface area (Å²) in [5.41, 5.74) is 1.50. The molecule has 0 unspecified atom stereocenters. The van der Waals surface area contributed by atoms with Crippen LogP contribution in [-0.4, -0.2) is 34.7 Å². The molecule has 1 aliphatic carbocycles. The molecule has 7 heteroatoms. The molecule has 2 N–H and O–H groups in total. The number of para-hydroxylation sites is 1. The number of hydrogen-bond acceptors (Lipinski definition) is 5. The van der Waals surface area contributed by atoms with E-state index in [-0.39, 0.29) is 5.41 Å². The van der Waals surface area contributed by atoms with Crippen molar-refractivity contribution in [2.45, 2.75) is 43.9 Å². The van der Waals surface area contributed by atoms with E-state index in [0.29, 0.717) is 16.9 Å². The second-order valence-corrected chi connectivity index (χ2v) is 9.57. The third-order valence-corrected chi connectivity index (χ3v) is 7.09. The van der Waals surface area contributed by atoms with Crippen molar-refractivity contribution in [2.24, 2.45) is 0 Å². The smallest absolute Gasteiger partial charge is 0.234 e. The first kappa shape index (κ1) is 22.6. The van der Waals surface area contributed by atoms with Crippen LogP contribution in [-0.2, 0) is 5.41 Å². The van der Waals surface area contributed by atoms with Gasteiger partial charge in [0, 0.05) is 31.1 Å². The van der Waals surface area contributed by atoms with Crippen LogP contribution in [0.25, 0.3) is 0 Å². The lowest BCUT2D eigenvalue weighted by Gasteiger charge is -2.30. The number of nitrogens with zero attached hydrogens (tertiary/aromatic N) is 3. The molecule has 1 aliphatic heterocycles. The highest BCUT2D eigenvalue weighted by Crippen LogP contribution is 2.40. The number of hydrogen-bond donors (Lipinski definition) is 2. The fourth-order valence-electron chi connectivity index (χ4n) is 5.04. The van der Waals surface area contributed by atoms with Crippen molar-refractivity contribution < 1.29 is 4.74 Å². The van der Waals surface area contributed by atoms with Crippen LogP contribution < -0.4 is 20.3 Å². The molecule has 0 radical (unpaired) electrons. The van der Waals surface area contributed by atoms with Crippen molar-refractivity contribution >= 4 is 29.1 Å². The predicted octanol–water partition coefficient (Wildman–Crippen LogP) is 5.67. The fraction of sp³-hybridized carbons (Fsp3) is 0.370. The summed E-state index contributed by atoms with van der Waals surface area (Å²) >= 11 is 5.66. The van der Waals surface area contributed by atoms with Gasteiger partial charge < -0.3 is 20.3 Å². The molecule has 5 rings (SSSR count). The Labute approximate surface area is 206 Å². The second kappa shape index (κ2) is 10.4. The van der Waals surface area contributed by atoms with Crippen molar-refractivity contribution in [2.75, 3.05) is 29.9 Å². The van der Waals surface area contributed by atoms with E-state index in [1.807, 2.05) is 36.4 Å². The van der Waals surface area contributed by atoms with Gasteiger partial charge in [-0.2, -0.15) is 9.97 Å². The molecule has 1 saturated carbocycles. The Hall–Kier alpha value is -3.19. The summed E-state index contributed by atoms with van der Waals surface area (Å²) < 4.78 is 6.03. The Morgan fingerprint density at radius 3 is 2.29 bits per heavy atom. The molecule has 2 aliphatic rings. The number of aromatic nitrogens is 2. The van der Waals surface area contributed by atoms with Crippen LogP contribution >= 0.6 is 12.2 Å². The lowest BCUT2D eigenvalue weighted by atomic mass is 9.79. The van der Waals surface area contributed by atoms with Crippen molar-refractivity contribution in [1.82, 2.24) is 15.3 Å². The maximum Gasteiger partial charge on any atom is 0.234 e. The second-order valence-electron chi connectivity index (χ2n) is 9.16. The maximum absolute atomic E-state index is 6.03. The van der Waals surface area contributed by atoms with Gasteiger partial charge in [0.1, 0.15) is 11.6 Å². The predicted molar refractivity (Wildman–Crippen MR) is 141 cm³/mol. The Balaban J connectivity index is 1.31. The molecule has 3 aromatic rings. The molecule has 0 bridgehead atoms. The molecule has 176 valence electrons. The molecule has 1 aromatic heterocycles. The normalized spacial score (nSPS) is 16.9. The van der Waals surface area contributed by atoms with Crippen LogP contribution in [0, 0.1) is 0 Å². The van der Waals surface area contributed by atoms with Gasteiger partial charge in [-0.1, -0.05) is 61.4 Å². The summed E-state index contributed by atoms with van der Waals surface area (Å²) in [4.78, 5) is 11.6. The van der Waals surface area contributed by atoms with Gasteiger partial charge in [-0.05, 0) is 55.6 Å². The van der Waals surface area contributed by atoms with E-state index >= 15 is 0 Å². The zero-order valence-corrected chi connectivity index (χ0v) is 20.2. The van der Waals surface area contributed by atoms with Crippen molar-refractivity contribution in [1.29, 1.82) is 0 Å². The lowest BCUT2D eigenvalue weighted by Crippen LogP contribution is -2.41. The van der Waals surface area contributed by atoms with Crippen LogP contribution in [0.2, 0.25) is 0 Å². The number of rotatable bonds is 7. The van der Waals surface area contributed by atoms with Crippen LogP contribution in [0.5, 0.6) is 11.6 Å². The first-order chi connectivity index (χ1) is 16.7. The van der Waals surface area contributed by atoms with E-state index in [9.17, 15) is 0 Å². The SMILES string of the molecule is S=C(NCC1(c2ccccc2)CCCC1)Nc1nc(Oc2ccccc2)cc(N2CCCC2)n1. The Morgan fingerprint density at radius 2 is 1.59 bits per heavy atom. The third kappa shape index (κ3) is 5.30. The summed E-state index contributed by atoms with van der Waals surface area (Å²) in [7, 11) is 0. The Kier molecular flexibility index (Phi) is 6.90. The van der Waals surface area contributed by atoms with Gasteiger partial charge in [0.25, 0.3) is 0 Å². The molecule has 0 atom stereocenters. The van der Waals surface area contributed by atoms with E-state index in [0.717, 1.165) is 31.2 Å². The van der Waals surface area contributed by atoms with Crippen LogP contribution in [0.15, 0.2) is 66.7 Å². The average Bonchev–Trinajstić information content (AvgIpc) is 3.57. The van der Waals surface area contributed by atoms with Crippen LogP contribution in [0.1, 0.15) is 44.1 Å². The molecule has 1 saturated heterocycles. The lowest BCUT2D eigenvalue weighted by molar-refractivity contribution is 0.435. The molecule has 0 spiro atoms. The Morgan fingerprint density at radius 1 is 0.912 bits per heavy atom. The zero-order valence-electron chi connectivity index (χ0n) is 19.4. The summed E-state index contributed by atoms with van der Waals surface area (Å²) in [6, 6.07) is 22.4. The Bertz CT molecular complexity index is 1100. The van der Waals surface area contributed by atoms with Gasteiger partial charge in [0.2, 0.25) is 11.8 Å². The molecule has 6 nitrogen and oxygen atoms in total. The molecular weight excluding hydrogens is 442 g/mol. The molecule has 0 amide bonds. The summed E-state index contributed by atoms with van der Waals surface area (Å²) in [6.45, 7) is 2.77. The minimum atomic E-state index is 0.118. The third-order valence-electron chi connectivity index (χ3n) is 6.84. The summed E-state index contributed by atoms with van der Waals surface area (Å²) in [5.74, 6) is 2.56. The molecular formula is C27H31N5OS. The standard InChI is InChI=1S/C27H31N5OS/c34-26(28-20-27(15-7-8-16-27)21-11-3-1-4-12-21)31-25-29-23(32-17-9-10-18-32)19-24(30-25)33-22-13-5-2-6-14-22/h1-6,11-14,19H,7-10,15-18,20H2,(H2,28,29,30,31,34). The number of anilines is 2. The quantitative estimate of drug-likeness (QED) is 0.429. The first-order valence-corrected chi connectivity index (χ1v) is 12.6. The van der Waals surface area contributed by atoms with Gasteiger partial charge in [0.05, 0.1) is 0 Å².